The fraction of sp³-hybridized carbons (Fsp3) is 0.308. The minimum absolute atomic E-state index is 0.294. The second-order valence-corrected chi connectivity index (χ2v) is 4.37. The molecule has 0 unspecified atom stereocenters. The molecule has 2 nitrogen and oxygen atoms in total. The van der Waals surface area contributed by atoms with Gasteiger partial charge in [0.25, 0.3) is 0 Å². The summed E-state index contributed by atoms with van der Waals surface area (Å²) >= 11 is 0. The Bertz CT molecular complexity index is 672. The van der Waals surface area contributed by atoms with Crippen molar-refractivity contribution in [3.05, 3.63) is 34.5 Å². The topological polar surface area (TPSA) is 28.7 Å². The molecule has 0 saturated heterocycles. The standard InChI is InChI=1S/C13H11F3N2/c1-7-4-8(2)11-9(6-17)12(13(14,15)16)18(3)10(11)5-7/h4-5H,1-3H3. The number of aryl methyl sites for hydroxylation is 3. The molecule has 0 radical (unpaired) electrons. The molecule has 2 rings (SSSR count). The molecule has 0 saturated carbocycles. The van der Waals surface area contributed by atoms with Gasteiger partial charge in [-0.15, -0.1) is 0 Å². The maximum Gasteiger partial charge on any atom is 0.432 e. The Hall–Kier alpha value is -1.96. The van der Waals surface area contributed by atoms with Crippen molar-refractivity contribution >= 4 is 10.9 Å². The van der Waals surface area contributed by atoms with E-state index in [0.29, 0.717) is 16.5 Å². The predicted octanol–water partition coefficient (Wildman–Crippen LogP) is 3.69. The maximum absolute atomic E-state index is 13.0. The van der Waals surface area contributed by atoms with Crippen LogP contribution in [0, 0.1) is 25.2 Å². The minimum Gasteiger partial charge on any atom is -0.339 e. The van der Waals surface area contributed by atoms with E-state index in [1.807, 2.05) is 6.92 Å². The second kappa shape index (κ2) is 3.77. The van der Waals surface area contributed by atoms with Crippen molar-refractivity contribution in [2.24, 2.45) is 7.05 Å². The summed E-state index contributed by atoms with van der Waals surface area (Å²) < 4.78 is 40.0. The summed E-state index contributed by atoms with van der Waals surface area (Å²) in [4.78, 5) is 0. The molecule has 0 aliphatic rings. The molecule has 0 amide bonds. The number of alkyl halides is 3. The number of nitriles is 1. The van der Waals surface area contributed by atoms with Crippen LogP contribution in [0.1, 0.15) is 22.4 Å². The van der Waals surface area contributed by atoms with Gasteiger partial charge in [-0.25, -0.2) is 0 Å². The molecule has 0 fully saturated rings. The van der Waals surface area contributed by atoms with Crippen LogP contribution in [0.5, 0.6) is 0 Å². The van der Waals surface area contributed by atoms with Crippen LogP contribution in [0.4, 0.5) is 13.2 Å². The Morgan fingerprint density at radius 1 is 1.22 bits per heavy atom. The third-order valence-electron chi connectivity index (χ3n) is 3.02. The molecule has 1 aromatic carbocycles. The highest BCUT2D eigenvalue weighted by Crippen LogP contribution is 2.38. The van der Waals surface area contributed by atoms with E-state index in [1.54, 1.807) is 25.1 Å². The first-order valence-corrected chi connectivity index (χ1v) is 5.34. The Morgan fingerprint density at radius 3 is 2.33 bits per heavy atom. The van der Waals surface area contributed by atoms with Crippen molar-refractivity contribution in [3.63, 3.8) is 0 Å². The number of fused-ring (bicyclic) bond motifs is 1. The molecule has 1 heterocycles. The first kappa shape index (κ1) is 12.5. The molecule has 18 heavy (non-hydrogen) atoms. The van der Waals surface area contributed by atoms with Gasteiger partial charge in [0.05, 0.1) is 11.1 Å². The molecule has 0 bridgehead atoms. The summed E-state index contributed by atoms with van der Waals surface area (Å²) in [6.07, 6.45) is -4.53. The van der Waals surface area contributed by atoms with Crippen molar-refractivity contribution in [2.45, 2.75) is 20.0 Å². The molecule has 94 valence electrons. The number of aromatic nitrogens is 1. The van der Waals surface area contributed by atoms with Gasteiger partial charge in [-0.1, -0.05) is 6.07 Å². The van der Waals surface area contributed by atoms with Gasteiger partial charge >= 0.3 is 6.18 Å². The molecule has 2 aromatic rings. The number of hydrogen-bond acceptors (Lipinski definition) is 1. The molecule has 5 heteroatoms. The SMILES string of the molecule is Cc1cc(C)c2c(C#N)c(C(F)(F)F)n(C)c2c1. The second-order valence-electron chi connectivity index (χ2n) is 4.37. The van der Waals surface area contributed by atoms with Gasteiger partial charge in [-0.3, -0.25) is 0 Å². The highest BCUT2D eigenvalue weighted by atomic mass is 19.4. The van der Waals surface area contributed by atoms with Gasteiger partial charge in [0.15, 0.2) is 0 Å². The zero-order chi connectivity index (χ0) is 13.7. The van der Waals surface area contributed by atoms with Gasteiger partial charge in [0.2, 0.25) is 0 Å². The monoisotopic (exact) mass is 252 g/mol. The van der Waals surface area contributed by atoms with Crippen LogP contribution in [0.2, 0.25) is 0 Å². The van der Waals surface area contributed by atoms with Gasteiger partial charge in [-0.2, -0.15) is 18.4 Å². The van der Waals surface area contributed by atoms with Crippen molar-refractivity contribution in [3.8, 4) is 6.07 Å². The first-order valence-electron chi connectivity index (χ1n) is 5.34. The average Bonchev–Trinajstić information content (AvgIpc) is 2.51. The molecule has 0 N–H and O–H groups in total. The van der Waals surface area contributed by atoms with Crippen LogP contribution in [0.3, 0.4) is 0 Å². The zero-order valence-electron chi connectivity index (χ0n) is 10.2. The minimum atomic E-state index is -4.53. The maximum atomic E-state index is 13.0. The molecule has 0 spiro atoms. The van der Waals surface area contributed by atoms with Crippen LogP contribution < -0.4 is 0 Å². The first-order chi connectivity index (χ1) is 8.27. The van der Waals surface area contributed by atoms with Crippen molar-refractivity contribution in [1.82, 2.24) is 4.57 Å². The predicted molar refractivity (Wildman–Crippen MR) is 62.1 cm³/mol. The van der Waals surface area contributed by atoms with Gasteiger partial charge < -0.3 is 4.57 Å². The smallest absolute Gasteiger partial charge is 0.339 e. The third-order valence-corrected chi connectivity index (χ3v) is 3.02. The molecule has 0 atom stereocenters. The molecular weight excluding hydrogens is 241 g/mol. The quantitative estimate of drug-likeness (QED) is 0.703. The lowest BCUT2D eigenvalue weighted by atomic mass is 10.0. The Kier molecular flexibility index (Phi) is 2.62. The highest BCUT2D eigenvalue weighted by Gasteiger charge is 2.38. The average molecular weight is 252 g/mol. The zero-order valence-corrected chi connectivity index (χ0v) is 10.2. The van der Waals surface area contributed by atoms with Crippen LogP contribution in [-0.4, -0.2) is 4.57 Å². The molecule has 1 aromatic heterocycles. The van der Waals surface area contributed by atoms with Gasteiger partial charge in [0, 0.05) is 12.4 Å². The van der Waals surface area contributed by atoms with E-state index in [0.717, 1.165) is 10.1 Å². The van der Waals surface area contributed by atoms with Gasteiger partial charge in [0.1, 0.15) is 11.8 Å². The van der Waals surface area contributed by atoms with E-state index in [1.165, 1.54) is 7.05 Å². The third kappa shape index (κ3) is 1.65. The number of rotatable bonds is 0. The summed E-state index contributed by atoms with van der Waals surface area (Å²) in [5.74, 6) is 0. The normalized spacial score (nSPS) is 11.8. The van der Waals surface area contributed by atoms with E-state index >= 15 is 0 Å². The van der Waals surface area contributed by atoms with E-state index in [2.05, 4.69) is 0 Å². The molecule has 0 aliphatic carbocycles. The Balaban J connectivity index is 3.03. The largest absolute Gasteiger partial charge is 0.432 e. The number of halogens is 3. The van der Waals surface area contributed by atoms with Crippen LogP contribution in [0.25, 0.3) is 10.9 Å². The summed E-state index contributed by atoms with van der Waals surface area (Å²) in [6, 6.07) is 5.13. The lowest BCUT2D eigenvalue weighted by Gasteiger charge is -2.08. The fourth-order valence-electron chi connectivity index (χ4n) is 2.38. The molecular formula is C13H11F3N2. The van der Waals surface area contributed by atoms with Crippen LogP contribution in [0.15, 0.2) is 12.1 Å². The fourth-order valence-corrected chi connectivity index (χ4v) is 2.38. The van der Waals surface area contributed by atoms with E-state index in [9.17, 15) is 13.2 Å². The number of benzene rings is 1. The van der Waals surface area contributed by atoms with Crippen molar-refractivity contribution in [1.29, 1.82) is 5.26 Å². The lowest BCUT2D eigenvalue weighted by Crippen LogP contribution is -2.12. The van der Waals surface area contributed by atoms with Crippen molar-refractivity contribution < 1.29 is 13.2 Å². The lowest BCUT2D eigenvalue weighted by molar-refractivity contribution is -0.143. The van der Waals surface area contributed by atoms with Gasteiger partial charge in [-0.05, 0) is 31.0 Å². The van der Waals surface area contributed by atoms with Crippen LogP contribution in [-0.2, 0) is 13.2 Å². The van der Waals surface area contributed by atoms with E-state index < -0.39 is 11.9 Å². The number of nitrogens with zero attached hydrogens (tertiary/aromatic N) is 2. The number of hydrogen-bond donors (Lipinski definition) is 0. The molecule has 0 aliphatic heterocycles. The summed E-state index contributed by atoms with van der Waals surface area (Å²) in [6.45, 7) is 3.54. The highest BCUT2D eigenvalue weighted by molar-refractivity contribution is 5.91. The summed E-state index contributed by atoms with van der Waals surface area (Å²) in [5.41, 5.74) is 0.828. The summed E-state index contributed by atoms with van der Waals surface area (Å²) in [7, 11) is 1.34. The van der Waals surface area contributed by atoms with Crippen molar-refractivity contribution in [2.75, 3.05) is 0 Å². The van der Waals surface area contributed by atoms with E-state index in [4.69, 9.17) is 5.26 Å². The van der Waals surface area contributed by atoms with E-state index in [-0.39, 0.29) is 5.56 Å². The Morgan fingerprint density at radius 2 is 1.83 bits per heavy atom. The van der Waals surface area contributed by atoms with Crippen LogP contribution >= 0.6 is 0 Å². The summed E-state index contributed by atoms with van der Waals surface area (Å²) in [5, 5.41) is 9.41. The Labute approximate surface area is 102 Å².